The third-order valence-electron chi connectivity index (χ3n) is 9.36. The van der Waals surface area contributed by atoms with Crippen molar-refractivity contribution in [1.82, 2.24) is 23.9 Å². The molecule has 0 amide bonds. The first-order chi connectivity index (χ1) is 23.3. The molecule has 0 fully saturated rings. The van der Waals surface area contributed by atoms with Gasteiger partial charge in [-0.05, 0) is 84.1 Å². The Balaban J connectivity index is 1.18. The zero-order chi connectivity index (χ0) is 32.6. The second kappa shape index (κ2) is 10.5. The lowest BCUT2D eigenvalue weighted by Gasteiger charge is -2.19. The van der Waals surface area contributed by atoms with Gasteiger partial charge in [-0.1, -0.05) is 63.2 Å². The lowest BCUT2D eigenvalue weighted by molar-refractivity contribution is 0.483. The summed E-state index contributed by atoms with van der Waals surface area (Å²) in [6.07, 6.45) is 5.82. The van der Waals surface area contributed by atoms with Crippen LogP contribution in [0.3, 0.4) is 0 Å². The lowest BCUT2D eigenvalue weighted by Crippen LogP contribution is -2.10. The molecule has 0 radical (unpaired) electrons. The molecule has 0 bridgehead atoms. The molecule has 48 heavy (non-hydrogen) atoms. The highest BCUT2D eigenvalue weighted by Gasteiger charge is 2.19. The monoisotopic (exact) mass is 623 g/mol. The van der Waals surface area contributed by atoms with E-state index in [2.05, 4.69) is 122 Å². The summed E-state index contributed by atoms with van der Waals surface area (Å²) in [6.45, 7) is 8.86. The molecule has 0 aliphatic rings. The van der Waals surface area contributed by atoms with Gasteiger partial charge in [0.25, 0.3) is 0 Å². The standard InChI is InChI=1S/C42H33N5O/c1-26-10-5-6-13-31(26)36-25-46-37-15-9-20-43-39(37)33-19-17-30(24-35(33)41(46)45-36)48-29-12-7-11-28(23-29)47-38-22-27(42(2,3)4)16-18-32(38)34-14-8-21-44-40(34)47/h5-25H,1-4H3. The van der Waals surface area contributed by atoms with Crippen molar-refractivity contribution >= 4 is 49.4 Å². The van der Waals surface area contributed by atoms with Gasteiger partial charge in [-0.2, -0.15) is 0 Å². The number of aryl methyl sites for hydroxylation is 1. The minimum Gasteiger partial charge on any atom is -0.457 e. The molecule has 9 rings (SSSR count). The first-order valence-corrected chi connectivity index (χ1v) is 16.3. The zero-order valence-electron chi connectivity index (χ0n) is 27.3. The molecule has 0 N–H and O–H groups in total. The fraction of sp³-hybridized carbons (Fsp3) is 0.119. The number of hydrogen-bond acceptors (Lipinski definition) is 4. The molecule has 0 spiro atoms. The largest absolute Gasteiger partial charge is 0.457 e. The van der Waals surface area contributed by atoms with Gasteiger partial charge in [-0.15, -0.1) is 0 Å². The van der Waals surface area contributed by atoms with Crippen molar-refractivity contribution in [2.45, 2.75) is 33.1 Å². The van der Waals surface area contributed by atoms with Crippen LogP contribution in [0.15, 0.2) is 128 Å². The fourth-order valence-electron chi connectivity index (χ4n) is 6.91. The molecule has 0 unspecified atom stereocenters. The average Bonchev–Trinajstić information content (AvgIpc) is 3.69. The van der Waals surface area contributed by atoms with Crippen LogP contribution in [0.5, 0.6) is 11.5 Å². The Kier molecular flexibility index (Phi) is 6.18. The maximum atomic E-state index is 6.61. The number of rotatable bonds is 4. The molecule has 6 nitrogen and oxygen atoms in total. The molecular weight excluding hydrogens is 590 g/mol. The van der Waals surface area contributed by atoms with Crippen molar-refractivity contribution in [3.63, 3.8) is 0 Å². The van der Waals surface area contributed by atoms with Gasteiger partial charge in [-0.25, -0.2) is 9.97 Å². The fourth-order valence-corrected chi connectivity index (χ4v) is 6.91. The number of ether oxygens (including phenoxy) is 1. The van der Waals surface area contributed by atoms with E-state index in [1.807, 2.05) is 42.7 Å². The molecule has 0 saturated heterocycles. The quantitative estimate of drug-likeness (QED) is 0.183. The van der Waals surface area contributed by atoms with Crippen LogP contribution in [0.1, 0.15) is 31.9 Å². The summed E-state index contributed by atoms with van der Waals surface area (Å²) in [5.41, 5.74) is 10.4. The SMILES string of the molecule is Cc1ccccc1-c1cn2c3cccnc3c3ccc(Oc4cccc(-n5c6cc(C(C)(C)C)ccc6c6cccnc65)c4)cc3c2n1. The Morgan fingerprint density at radius 3 is 2.31 bits per heavy atom. The molecule has 9 aromatic rings. The summed E-state index contributed by atoms with van der Waals surface area (Å²) in [7, 11) is 0. The molecule has 0 saturated carbocycles. The molecule has 5 heterocycles. The van der Waals surface area contributed by atoms with Crippen LogP contribution in [-0.2, 0) is 5.41 Å². The maximum Gasteiger partial charge on any atom is 0.146 e. The van der Waals surface area contributed by atoms with Crippen LogP contribution < -0.4 is 4.74 Å². The summed E-state index contributed by atoms with van der Waals surface area (Å²) >= 11 is 0. The molecule has 0 aliphatic carbocycles. The minimum absolute atomic E-state index is 0.0196. The topological polar surface area (TPSA) is 57.2 Å². The second-order valence-electron chi connectivity index (χ2n) is 13.5. The number of nitrogens with zero attached hydrogens (tertiary/aromatic N) is 5. The zero-order valence-corrected chi connectivity index (χ0v) is 27.3. The van der Waals surface area contributed by atoms with Crippen molar-refractivity contribution in [2.75, 3.05) is 0 Å². The maximum absolute atomic E-state index is 6.61. The summed E-state index contributed by atoms with van der Waals surface area (Å²) in [4.78, 5) is 14.8. The van der Waals surface area contributed by atoms with Gasteiger partial charge in [0.05, 0.1) is 27.9 Å². The van der Waals surface area contributed by atoms with Crippen molar-refractivity contribution in [1.29, 1.82) is 0 Å². The van der Waals surface area contributed by atoms with E-state index in [-0.39, 0.29) is 5.41 Å². The van der Waals surface area contributed by atoms with Gasteiger partial charge in [0.1, 0.15) is 22.8 Å². The molecule has 0 aliphatic heterocycles. The third-order valence-corrected chi connectivity index (χ3v) is 9.36. The van der Waals surface area contributed by atoms with E-state index in [0.717, 1.165) is 72.4 Å². The Hall–Kier alpha value is -6.01. The Labute approximate surface area is 277 Å². The molecule has 4 aromatic carbocycles. The van der Waals surface area contributed by atoms with Gasteiger partial charge in [0.15, 0.2) is 0 Å². The van der Waals surface area contributed by atoms with E-state index in [1.165, 1.54) is 16.5 Å². The van der Waals surface area contributed by atoms with E-state index in [0.29, 0.717) is 0 Å². The number of benzene rings is 4. The van der Waals surface area contributed by atoms with E-state index in [1.54, 1.807) is 0 Å². The van der Waals surface area contributed by atoms with E-state index < -0.39 is 0 Å². The van der Waals surface area contributed by atoms with E-state index in [4.69, 9.17) is 19.7 Å². The van der Waals surface area contributed by atoms with E-state index in [9.17, 15) is 0 Å². The lowest BCUT2D eigenvalue weighted by atomic mass is 9.86. The van der Waals surface area contributed by atoms with Gasteiger partial charge in [0.2, 0.25) is 0 Å². The predicted octanol–water partition coefficient (Wildman–Crippen LogP) is 10.6. The van der Waals surface area contributed by atoms with Gasteiger partial charge < -0.3 is 4.74 Å². The number of aromatic nitrogens is 5. The van der Waals surface area contributed by atoms with E-state index >= 15 is 0 Å². The second-order valence-corrected chi connectivity index (χ2v) is 13.5. The van der Waals surface area contributed by atoms with Crippen LogP contribution in [0.4, 0.5) is 0 Å². The van der Waals surface area contributed by atoms with Gasteiger partial charge in [-0.3, -0.25) is 14.0 Å². The summed E-state index contributed by atoms with van der Waals surface area (Å²) in [5.74, 6) is 1.47. The van der Waals surface area contributed by atoms with Crippen LogP contribution in [-0.4, -0.2) is 23.9 Å². The van der Waals surface area contributed by atoms with Crippen molar-refractivity contribution in [2.24, 2.45) is 0 Å². The van der Waals surface area contributed by atoms with Crippen LogP contribution in [0.25, 0.3) is 66.3 Å². The molecule has 5 aromatic heterocycles. The molecular formula is C42H33N5O. The Morgan fingerprint density at radius 1 is 0.625 bits per heavy atom. The average molecular weight is 624 g/mol. The van der Waals surface area contributed by atoms with Gasteiger partial charge >= 0.3 is 0 Å². The molecule has 6 heteroatoms. The minimum atomic E-state index is 0.0196. The third kappa shape index (κ3) is 4.44. The molecule has 232 valence electrons. The van der Waals surface area contributed by atoms with Crippen LogP contribution in [0, 0.1) is 6.92 Å². The van der Waals surface area contributed by atoms with Gasteiger partial charge in [0, 0.05) is 51.8 Å². The highest BCUT2D eigenvalue weighted by atomic mass is 16.5. The summed E-state index contributed by atoms with van der Waals surface area (Å²) in [6, 6.07) is 37.8. The first kappa shape index (κ1) is 28.2. The normalized spacial score (nSPS) is 12.2. The summed E-state index contributed by atoms with van der Waals surface area (Å²) < 4.78 is 11.0. The number of pyridine rings is 3. The first-order valence-electron chi connectivity index (χ1n) is 16.3. The number of fused-ring (bicyclic) bond motifs is 9. The number of hydrogen-bond donors (Lipinski definition) is 0. The van der Waals surface area contributed by atoms with Crippen LogP contribution >= 0.6 is 0 Å². The Bertz CT molecular complexity index is 2710. The Morgan fingerprint density at radius 2 is 1.44 bits per heavy atom. The van der Waals surface area contributed by atoms with Crippen LogP contribution in [0.2, 0.25) is 0 Å². The molecule has 0 atom stereocenters. The van der Waals surface area contributed by atoms with Crippen molar-refractivity contribution < 1.29 is 4.74 Å². The summed E-state index contributed by atoms with van der Waals surface area (Å²) in [5, 5.41) is 4.33. The predicted molar refractivity (Wildman–Crippen MR) is 196 cm³/mol. The van der Waals surface area contributed by atoms with Crippen molar-refractivity contribution in [3.8, 4) is 28.4 Å². The smallest absolute Gasteiger partial charge is 0.146 e. The number of imidazole rings is 1. The van der Waals surface area contributed by atoms with Crippen molar-refractivity contribution in [3.05, 3.63) is 139 Å². The highest BCUT2D eigenvalue weighted by Crippen LogP contribution is 2.37. The highest BCUT2D eigenvalue weighted by molar-refractivity contribution is 6.11.